The predicted octanol–water partition coefficient (Wildman–Crippen LogP) is 4.32. The number of nitrogens with zero attached hydrogens (tertiary/aromatic N) is 2. The number of amides is 1. The van der Waals surface area contributed by atoms with E-state index in [2.05, 4.69) is 48.5 Å². The van der Waals surface area contributed by atoms with Crippen molar-refractivity contribution in [2.24, 2.45) is 0 Å². The summed E-state index contributed by atoms with van der Waals surface area (Å²) in [5.74, 6) is -0.00143. The first kappa shape index (κ1) is 17.0. The molecular formula is C26H17BN2O+. The second kappa shape index (κ2) is 6.56. The molecule has 4 aromatic rings. The minimum Gasteiger partial charge on any atom is -0.284 e. The van der Waals surface area contributed by atoms with Gasteiger partial charge in [0, 0.05) is 17.7 Å². The van der Waals surface area contributed by atoms with Crippen molar-refractivity contribution >= 4 is 41.5 Å². The molecule has 3 nitrogen and oxygen atoms in total. The van der Waals surface area contributed by atoms with Gasteiger partial charge in [-0.3, -0.25) is 14.1 Å². The molecule has 2 aliphatic heterocycles. The number of aromatic nitrogens is 1. The summed E-state index contributed by atoms with van der Waals surface area (Å²) in [4.78, 5) is 15.5. The van der Waals surface area contributed by atoms with Gasteiger partial charge < -0.3 is 0 Å². The fourth-order valence-corrected chi connectivity index (χ4v) is 4.39. The van der Waals surface area contributed by atoms with Gasteiger partial charge in [-0.05, 0) is 34.0 Å². The zero-order valence-electron chi connectivity index (χ0n) is 16.2. The van der Waals surface area contributed by atoms with E-state index in [-0.39, 0.29) is 5.91 Å². The third kappa shape index (κ3) is 2.47. The molecule has 0 aliphatic carbocycles. The Balaban J connectivity index is 1.68. The van der Waals surface area contributed by atoms with Crippen molar-refractivity contribution in [2.45, 2.75) is 0 Å². The quantitative estimate of drug-likeness (QED) is 0.473. The van der Waals surface area contributed by atoms with Crippen molar-refractivity contribution in [3.63, 3.8) is 0 Å². The number of hydrogen-bond acceptors (Lipinski definition) is 1. The molecular weight excluding hydrogens is 367 g/mol. The molecule has 0 atom stereocenters. The van der Waals surface area contributed by atoms with Gasteiger partial charge in [0.15, 0.2) is 5.69 Å². The van der Waals surface area contributed by atoms with Crippen LogP contribution in [0.3, 0.4) is 0 Å². The van der Waals surface area contributed by atoms with Gasteiger partial charge in [0.1, 0.15) is 6.20 Å². The van der Waals surface area contributed by atoms with E-state index in [0.717, 1.165) is 44.4 Å². The lowest BCUT2D eigenvalue weighted by Crippen LogP contribution is -2.55. The van der Waals surface area contributed by atoms with Gasteiger partial charge in [-0.2, -0.15) is 0 Å². The van der Waals surface area contributed by atoms with E-state index < -0.39 is 0 Å². The standard InChI is InChI=1S/C26H17BN2O/c30-26-25(22-15-8-12-18-9-4-5-14-21(18)22)24(19-10-2-1-3-11-19)23-17-20-13-6-7-16-28(20)27-29(23)26/h1-17H/q+1. The van der Waals surface area contributed by atoms with Crippen LogP contribution in [0.4, 0.5) is 0 Å². The molecule has 0 N–H and O–H groups in total. The zero-order chi connectivity index (χ0) is 20.1. The Morgan fingerprint density at radius 2 is 1.50 bits per heavy atom. The third-order valence-corrected chi connectivity index (χ3v) is 5.77. The Morgan fingerprint density at radius 3 is 2.40 bits per heavy atom. The lowest BCUT2D eigenvalue weighted by Gasteiger charge is -2.18. The maximum absolute atomic E-state index is 13.8. The Labute approximate surface area is 175 Å². The van der Waals surface area contributed by atoms with Crippen LogP contribution < -0.4 is 4.48 Å². The number of pyridine rings is 1. The number of carbonyl (C=O) groups excluding carboxylic acids is 1. The molecule has 1 radical (unpaired) electrons. The minimum absolute atomic E-state index is 0.00143. The molecule has 1 aromatic heterocycles. The predicted molar refractivity (Wildman–Crippen MR) is 120 cm³/mol. The molecule has 0 spiro atoms. The van der Waals surface area contributed by atoms with Gasteiger partial charge in [-0.25, -0.2) is 0 Å². The number of allylic oxidation sites excluding steroid dienone is 1. The van der Waals surface area contributed by atoms with Crippen LogP contribution in [0.15, 0.2) is 103 Å². The fraction of sp³-hybridized carbons (Fsp3) is 0. The number of fused-ring (bicyclic) bond motifs is 3. The molecule has 3 heterocycles. The molecule has 0 fully saturated rings. The van der Waals surface area contributed by atoms with Crippen LogP contribution in [0.25, 0.3) is 28.0 Å². The van der Waals surface area contributed by atoms with Crippen molar-refractivity contribution in [2.75, 3.05) is 0 Å². The van der Waals surface area contributed by atoms with Gasteiger partial charge in [-0.1, -0.05) is 72.8 Å². The summed E-state index contributed by atoms with van der Waals surface area (Å²) in [5, 5.41) is 2.21. The van der Waals surface area contributed by atoms with Crippen molar-refractivity contribution in [3.05, 3.63) is 120 Å². The molecule has 0 unspecified atom stereocenters. The molecule has 0 saturated carbocycles. The number of hydrogen-bond donors (Lipinski definition) is 0. The Morgan fingerprint density at radius 1 is 0.733 bits per heavy atom. The lowest BCUT2D eigenvalue weighted by atomic mass is 9.91. The molecule has 30 heavy (non-hydrogen) atoms. The Bertz CT molecular complexity index is 1380. The first-order valence-electron chi connectivity index (χ1n) is 10.00. The summed E-state index contributed by atoms with van der Waals surface area (Å²) in [6.07, 6.45) is 4.06. The highest BCUT2D eigenvalue weighted by molar-refractivity contribution is 6.46. The lowest BCUT2D eigenvalue weighted by molar-refractivity contribution is -0.538. The second-order valence-electron chi connectivity index (χ2n) is 7.50. The summed E-state index contributed by atoms with van der Waals surface area (Å²) in [6.45, 7) is 0. The molecule has 139 valence electrons. The topological polar surface area (TPSA) is 24.2 Å². The van der Waals surface area contributed by atoms with E-state index in [9.17, 15) is 4.79 Å². The summed E-state index contributed by atoms with van der Waals surface area (Å²) < 4.78 is 1.98. The maximum Gasteiger partial charge on any atom is 0.702 e. The number of carbonyl (C=O) groups is 1. The van der Waals surface area contributed by atoms with E-state index in [1.54, 1.807) is 4.81 Å². The SMILES string of the molecule is O=C1C(c2cccc3ccccc23)=C(c2ccccc2)C2=Cc3cccc[n+]3[B]N12. The normalized spacial score (nSPS) is 15.0. The summed E-state index contributed by atoms with van der Waals surface area (Å²) in [5.41, 5.74) is 5.69. The first-order valence-corrected chi connectivity index (χ1v) is 10.00. The van der Waals surface area contributed by atoms with Crippen LogP contribution in [0.5, 0.6) is 0 Å². The van der Waals surface area contributed by atoms with Crippen molar-refractivity contribution in [3.8, 4) is 0 Å². The molecule has 1 amide bonds. The maximum atomic E-state index is 13.8. The van der Waals surface area contributed by atoms with Crippen LogP contribution in [0, 0.1) is 0 Å². The summed E-state index contributed by atoms with van der Waals surface area (Å²) in [7, 11) is 1.88. The van der Waals surface area contributed by atoms with Gasteiger partial charge in [0.25, 0.3) is 5.91 Å². The van der Waals surface area contributed by atoms with Gasteiger partial charge in [0.2, 0.25) is 0 Å². The second-order valence-corrected chi connectivity index (χ2v) is 7.50. The number of benzene rings is 3. The van der Waals surface area contributed by atoms with Crippen molar-refractivity contribution in [1.82, 2.24) is 4.81 Å². The summed E-state index contributed by atoms with van der Waals surface area (Å²) >= 11 is 0. The van der Waals surface area contributed by atoms with Crippen LogP contribution >= 0.6 is 0 Å². The largest absolute Gasteiger partial charge is 0.702 e. The molecule has 2 aliphatic rings. The van der Waals surface area contributed by atoms with Gasteiger partial charge in [0.05, 0.1) is 11.3 Å². The van der Waals surface area contributed by atoms with E-state index in [1.165, 1.54) is 0 Å². The van der Waals surface area contributed by atoms with Crippen LogP contribution in [0.1, 0.15) is 16.8 Å². The molecule has 4 heteroatoms. The highest BCUT2D eigenvalue weighted by atomic mass is 16.2. The molecule has 6 rings (SSSR count). The average Bonchev–Trinajstić information content (AvgIpc) is 3.09. The minimum atomic E-state index is -0.00143. The van der Waals surface area contributed by atoms with Crippen LogP contribution in [0.2, 0.25) is 0 Å². The zero-order valence-corrected chi connectivity index (χ0v) is 16.2. The average molecular weight is 384 g/mol. The van der Waals surface area contributed by atoms with E-state index >= 15 is 0 Å². The van der Waals surface area contributed by atoms with Gasteiger partial charge >= 0.3 is 7.55 Å². The monoisotopic (exact) mass is 384 g/mol. The van der Waals surface area contributed by atoms with Crippen LogP contribution in [-0.4, -0.2) is 18.3 Å². The van der Waals surface area contributed by atoms with E-state index in [4.69, 9.17) is 0 Å². The Hall–Kier alpha value is -3.92. The molecule has 0 saturated heterocycles. The first-order chi connectivity index (χ1) is 14.8. The molecule has 0 bridgehead atoms. The number of rotatable bonds is 2. The highest BCUT2D eigenvalue weighted by Gasteiger charge is 2.44. The van der Waals surface area contributed by atoms with E-state index in [1.807, 2.05) is 66.8 Å². The van der Waals surface area contributed by atoms with Crippen molar-refractivity contribution in [1.29, 1.82) is 0 Å². The molecule has 3 aromatic carbocycles. The van der Waals surface area contributed by atoms with E-state index in [0.29, 0.717) is 0 Å². The summed E-state index contributed by atoms with van der Waals surface area (Å²) in [6, 6.07) is 30.6. The van der Waals surface area contributed by atoms with Gasteiger partial charge in [-0.15, -0.1) is 0 Å². The highest BCUT2D eigenvalue weighted by Crippen LogP contribution is 2.44. The third-order valence-electron chi connectivity index (χ3n) is 5.77. The fourth-order valence-electron chi connectivity index (χ4n) is 4.39. The Kier molecular flexibility index (Phi) is 3.72. The van der Waals surface area contributed by atoms with Crippen molar-refractivity contribution < 1.29 is 9.27 Å². The smallest absolute Gasteiger partial charge is 0.284 e. The van der Waals surface area contributed by atoms with Crippen LogP contribution in [-0.2, 0) is 4.79 Å².